The number of rotatable bonds is 8. The topological polar surface area (TPSA) is 69.3 Å². The minimum absolute atomic E-state index is 0.0283. The second-order valence-corrected chi connectivity index (χ2v) is 7.49. The van der Waals surface area contributed by atoms with Crippen LogP contribution in [-0.4, -0.2) is 22.2 Å². The van der Waals surface area contributed by atoms with E-state index in [1.54, 1.807) is 6.07 Å². The van der Waals surface area contributed by atoms with E-state index in [0.29, 0.717) is 12.2 Å². The summed E-state index contributed by atoms with van der Waals surface area (Å²) in [6, 6.07) is 6.68. The van der Waals surface area contributed by atoms with Crippen LogP contribution in [0.2, 0.25) is 10.0 Å². The number of furan rings is 1. The largest absolute Gasteiger partial charge is 0.484 e. The smallest absolute Gasteiger partial charge is 0.436 e. The fraction of sp³-hybridized carbons (Fsp3) is 0.300. The Morgan fingerprint density at radius 1 is 1.25 bits per heavy atom. The molecule has 6 nitrogen and oxygen atoms in total. The predicted octanol–water partition coefficient (Wildman–Crippen LogP) is 5.65. The molecule has 1 amide bonds. The summed E-state index contributed by atoms with van der Waals surface area (Å²) in [5.41, 5.74) is -0.935. The van der Waals surface area contributed by atoms with Gasteiger partial charge in [-0.1, -0.05) is 23.2 Å². The Kier molecular flexibility index (Phi) is 7.35. The van der Waals surface area contributed by atoms with Crippen molar-refractivity contribution in [1.29, 1.82) is 0 Å². The highest BCUT2D eigenvalue weighted by Crippen LogP contribution is 2.35. The molecule has 32 heavy (non-hydrogen) atoms. The van der Waals surface area contributed by atoms with Crippen LogP contribution in [0.3, 0.4) is 0 Å². The van der Waals surface area contributed by atoms with Gasteiger partial charge in [-0.05, 0) is 43.7 Å². The van der Waals surface area contributed by atoms with Crippen LogP contribution in [0.15, 0.2) is 34.7 Å². The van der Waals surface area contributed by atoms with Crippen molar-refractivity contribution in [1.82, 2.24) is 15.1 Å². The second-order valence-electron chi connectivity index (χ2n) is 6.71. The van der Waals surface area contributed by atoms with Gasteiger partial charge < -0.3 is 14.5 Å². The van der Waals surface area contributed by atoms with Crippen LogP contribution >= 0.6 is 23.2 Å². The van der Waals surface area contributed by atoms with E-state index >= 15 is 0 Å². The molecule has 0 saturated carbocycles. The van der Waals surface area contributed by atoms with Crippen molar-refractivity contribution in [2.24, 2.45) is 0 Å². The third kappa shape index (κ3) is 5.74. The molecule has 12 heteroatoms. The summed E-state index contributed by atoms with van der Waals surface area (Å²) in [7, 11) is 0. The minimum Gasteiger partial charge on any atom is -0.484 e. The van der Waals surface area contributed by atoms with Crippen LogP contribution in [-0.2, 0) is 19.3 Å². The van der Waals surface area contributed by atoms with Gasteiger partial charge in [0.25, 0.3) is 5.91 Å². The van der Waals surface area contributed by atoms with Crippen LogP contribution in [0.4, 0.5) is 17.6 Å². The van der Waals surface area contributed by atoms with Gasteiger partial charge in [-0.15, -0.1) is 0 Å². The van der Waals surface area contributed by atoms with E-state index in [1.165, 1.54) is 25.1 Å². The molecular formula is C20H17Cl2F4N3O3. The number of benzene rings is 1. The second kappa shape index (κ2) is 9.83. The zero-order chi connectivity index (χ0) is 23.5. The number of carbonyl (C=O) groups is 1. The molecule has 2 aromatic heterocycles. The van der Waals surface area contributed by atoms with Gasteiger partial charge in [0, 0.05) is 13.1 Å². The fourth-order valence-electron chi connectivity index (χ4n) is 2.76. The monoisotopic (exact) mass is 493 g/mol. The molecule has 0 spiro atoms. The lowest BCUT2D eigenvalue weighted by Crippen LogP contribution is -2.25. The highest BCUT2D eigenvalue weighted by atomic mass is 35.5. The molecule has 3 rings (SSSR count). The number of carbonyl (C=O) groups excluding carboxylic acids is 1. The number of hydrogen-bond acceptors (Lipinski definition) is 4. The lowest BCUT2D eigenvalue weighted by molar-refractivity contribution is -0.141. The summed E-state index contributed by atoms with van der Waals surface area (Å²) < 4.78 is 63.6. The molecular weight excluding hydrogens is 477 g/mol. The summed E-state index contributed by atoms with van der Waals surface area (Å²) in [4.78, 5) is 12.2. The Labute approximate surface area is 190 Å². The van der Waals surface area contributed by atoms with Gasteiger partial charge in [0.2, 0.25) is 0 Å². The predicted molar refractivity (Wildman–Crippen MR) is 108 cm³/mol. The SMILES string of the molecule is Cc1c(Cl)c(C(F)(F)F)nn1CCCNC(=O)c1ccc(COc2ccc(F)cc2Cl)o1. The van der Waals surface area contributed by atoms with Crippen molar-refractivity contribution in [3.05, 3.63) is 69.1 Å². The fourth-order valence-corrected chi connectivity index (χ4v) is 3.22. The Bertz CT molecular complexity index is 1110. The van der Waals surface area contributed by atoms with Gasteiger partial charge in [0.15, 0.2) is 11.5 Å². The molecule has 0 bridgehead atoms. The zero-order valence-corrected chi connectivity index (χ0v) is 18.1. The molecule has 1 N–H and O–H groups in total. The third-order valence-corrected chi connectivity index (χ3v) is 5.13. The molecule has 0 atom stereocenters. The molecule has 172 valence electrons. The van der Waals surface area contributed by atoms with E-state index in [0.717, 1.165) is 10.7 Å². The molecule has 3 aromatic rings. The summed E-state index contributed by atoms with van der Waals surface area (Å²) in [5, 5.41) is 5.78. The highest BCUT2D eigenvalue weighted by Gasteiger charge is 2.38. The van der Waals surface area contributed by atoms with Crippen LogP contribution in [0.5, 0.6) is 5.75 Å². The number of hydrogen-bond donors (Lipinski definition) is 1. The molecule has 0 saturated heterocycles. The summed E-state index contributed by atoms with van der Waals surface area (Å²) >= 11 is 11.6. The Hall–Kier alpha value is -2.72. The van der Waals surface area contributed by atoms with Gasteiger partial charge in [-0.2, -0.15) is 18.3 Å². The normalized spacial score (nSPS) is 11.6. The molecule has 0 aliphatic carbocycles. The Morgan fingerprint density at radius 3 is 2.66 bits per heavy atom. The van der Waals surface area contributed by atoms with E-state index in [2.05, 4.69) is 10.4 Å². The van der Waals surface area contributed by atoms with Crippen LogP contribution in [0.1, 0.15) is 34.1 Å². The highest BCUT2D eigenvalue weighted by molar-refractivity contribution is 6.32. The van der Waals surface area contributed by atoms with Crippen LogP contribution < -0.4 is 10.1 Å². The molecule has 0 radical (unpaired) electrons. The molecule has 0 fully saturated rings. The van der Waals surface area contributed by atoms with Crippen molar-refractivity contribution in [3.8, 4) is 5.75 Å². The summed E-state index contributed by atoms with van der Waals surface area (Å²) in [6.07, 6.45) is -4.31. The van der Waals surface area contributed by atoms with E-state index < -0.39 is 28.6 Å². The average molecular weight is 494 g/mol. The first kappa shape index (κ1) is 23.9. The molecule has 0 aliphatic rings. The summed E-state index contributed by atoms with van der Waals surface area (Å²) in [5.74, 6) is -0.352. The van der Waals surface area contributed by atoms with Gasteiger partial charge in [-0.25, -0.2) is 4.39 Å². The first-order chi connectivity index (χ1) is 15.1. The van der Waals surface area contributed by atoms with E-state index in [9.17, 15) is 22.4 Å². The number of nitrogens with one attached hydrogen (secondary N) is 1. The number of ether oxygens (including phenoxy) is 1. The average Bonchev–Trinajstić information content (AvgIpc) is 3.30. The standard InChI is InChI=1S/C20H17Cl2F4N3O3/c1-11-17(22)18(20(24,25)26)28-29(11)8-2-7-27-19(30)16-6-4-13(32-16)10-31-15-5-3-12(23)9-14(15)21/h3-6,9H,2,7-8,10H2,1H3,(H,27,30). The number of aromatic nitrogens is 2. The Morgan fingerprint density at radius 2 is 2.00 bits per heavy atom. The Balaban J connectivity index is 1.47. The first-order valence-electron chi connectivity index (χ1n) is 9.31. The van der Waals surface area contributed by atoms with Crippen molar-refractivity contribution in [2.75, 3.05) is 6.54 Å². The number of amides is 1. The van der Waals surface area contributed by atoms with Gasteiger partial charge >= 0.3 is 6.18 Å². The van der Waals surface area contributed by atoms with Crippen molar-refractivity contribution >= 4 is 29.1 Å². The van der Waals surface area contributed by atoms with Crippen LogP contribution in [0, 0.1) is 12.7 Å². The van der Waals surface area contributed by atoms with Gasteiger partial charge in [-0.3, -0.25) is 9.48 Å². The lowest BCUT2D eigenvalue weighted by Gasteiger charge is -2.07. The summed E-state index contributed by atoms with van der Waals surface area (Å²) in [6.45, 7) is 1.72. The van der Waals surface area contributed by atoms with Crippen molar-refractivity contribution in [2.45, 2.75) is 32.7 Å². The quantitative estimate of drug-likeness (QED) is 0.325. The number of halogens is 6. The lowest BCUT2D eigenvalue weighted by atomic mass is 10.3. The number of nitrogens with zero attached hydrogens (tertiary/aromatic N) is 2. The molecule has 1 aromatic carbocycles. The van der Waals surface area contributed by atoms with E-state index in [-0.39, 0.29) is 41.9 Å². The van der Waals surface area contributed by atoms with Gasteiger partial charge in [0.05, 0.1) is 15.7 Å². The number of alkyl halides is 3. The van der Waals surface area contributed by atoms with Crippen LogP contribution in [0.25, 0.3) is 0 Å². The minimum atomic E-state index is -4.63. The molecule has 0 unspecified atom stereocenters. The maximum absolute atomic E-state index is 13.1. The molecule has 2 heterocycles. The maximum atomic E-state index is 13.1. The van der Waals surface area contributed by atoms with E-state index in [4.69, 9.17) is 32.4 Å². The number of aryl methyl sites for hydroxylation is 1. The third-order valence-electron chi connectivity index (χ3n) is 4.38. The van der Waals surface area contributed by atoms with Crippen molar-refractivity contribution in [3.63, 3.8) is 0 Å². The van der Waals surface area contributed by atoms with E-state index in [1.807, 2.05) is 0 Å². The zero-order valence-electron chi connectivity index (χ0n) is 16.6. The van der Waals surface area contributed by atoms with Gasteiger partial charge in [0.1, 0.15) is 23.9 Å². The van der Waals surface area contributed by atoms with Crippen molar-refractivity contribution < 1.29 is 31.5 Å². The first-order valence-corrected chi connectivity index (χ1v) is 10.1. The maximum Gasteiger partial charge on any atom is 0.436 e. The molecule has 0 aliphatic heterocycles.